The summed E-state index contributed by atoms with van der Waals surface area (Å²) in [6, 6.07) is 7.93. The number of amides is 1. The summed E-state index contributed by atoms with van der Waals surface area (Å²) < 4.78 is 54.1. The average molecular weight is 458 g/mol. The van der Waals surface area contributed by atoms with Crippen molar-refractivity contribution in [2.24, 2.45) is 5.92 Å². The van der Waals surface area contributed by atoms with Crippen molar-refractivity contribution in [3.63, 3.8) is 0 Å². The zero-order valence-electron chi connectivity index (χ0n) is 18.0. The standard InChI is InChI=1S/C24H22F4N4O/c1-23(2,22(33)32-18-5-4-17(13-29)20(12-18)24(26,27)28)31-14-15-3-6-19(21(25)11-15)16-7-9-30-10-8-16/h3-10,12,15,31H,11,14H2,1-2H3,(H,32,33). The number of nitriles is 1. The number of nitrogens with one attached hydrogen (secondary N) is 2. The van der Waals surface area contributed by atoms with E-state index >= 15 is 0 Å². The maximum Gasteiger partial charge on any atom is 0.417 e. The first kappa shape index (κ1) is 24.1. The first-order valence-corrected chi connectivity index (χ1v) is 10.2. The number of anilines is 1. The number of hydrogen-bond acceptors (Lipinski definition) is 4. The van der Waals surface area contributed by atoms with Gasteiger partial charge >= 0.3 is 6.18 Å². The normalized spacial score (nSPS) is 16.5. The third-order valence-corrected chi connectivity index (χ3v) is 5.34. The Kier molecular flexibility index (Phi) is 6.98. The molecule has 0 saturated heterocycles. The van der Waals surface area contributed by atoms with Gasteiger partial charge in [0, 0.05) is 36.6 Å². The molecule has 0 aliphatic heterocycles. The Morgan fingerprint density at radius 2 is 1.91 bits per heavy atom. The molecule has 1 amide bonds. The van der Waals surface area contributed by atoms with Crippen LogP contribution in [-0.4, -0.2) is 23.0 Å². The summed E-state index contributed by atoms with van der Waals surface area (Å²) in [4.78, 5) is 16.6. The van der Waals surface area contributed by atoms with E-state index in [1.54, 1.807) is 44.4 Å². The molecule has 2 N–H and O–H groups in total. The number of benzene rings is 1. The van der Waals surface area contributed by atoms with E-state index in [0.717, 1.165) is 17.7 Å². The summed E-state index contributed by atoms with van der Waals surface area (Å²) in [7, 11) is 0. The quantitative estimate of drug-likeness (QED) is 0.581. The highest BCUT2D eigenvalue weighted by Gasteiger charge is 2.35. The van der Waals surface area contributed by atoms with Crippen molar-refractivity contribution < 1.29 is 22.4 Å². The van der Waals surface area contributed by atoms with Gasteiger partial charge in [-0.1, -0.05) is 12.2 Å². The lowest BCUT2D eigenvalue weighted by molar-refractivity contribution is -0.137. The number of rotatable bonds is 6. The van der Waals surface area contributed by atoms with Crippen molar-refractivity contribution in [3.05, 3.63) is 77.4 Å². The van der Waals surface area contributed by atoms with Gasteiger partial charge in [0.05, 0.1) is 22.7 Å². The van der Waals surface area contributed by atoms with Crippen LogP contribution in [0.1, 0.15) is 37.0 Å². The van der Waals surface area contributed by atoms with Crippen LogP contribution in [0.15, 0.2) is 60.7 Å². The number of alkyl halides is 3. The number of pyridine rings is 1. The number of aromatic nitrogens is 1. The van der Waals surface area contributed by atoms with Crippen LogP contribution in [0.3, 0.4) is 0 Å². The van der Waals surface area contributed by atoms with E-state index in [4.69, 9.17) is 5.26 Å². The zero-order chi connectivity index (χ0) is 24.2. The first-order chi connectivity index (χ1) is 15.5. The zero-order valence-corrected chi connectivity index (χ0v) is 18.0. The molecule has 172 valence electrons. The summed E-state index contributed by atoms with van der Waals surface area (Å²) in [6.45, 7) is 3.45. The Labute approximate surface area is 188 Å². The third kappa shape index (κ3) is 5.84. The van der Waals surface area contributed by atoms with Crippen LogP contribution < -0.4 is 10.6 Å². The minimum atomic E-state index is -4.72. The number of allylic oxidation sites excluding steroid dienone is 3. The van der Waals surface area contributed by atoms with Gasteiger partial charge in [-0.2, -0.15) is 18.4 Å². The van der Waals surface area contributed by atoms with Crippen molar-refractivity contribution in [1.29, 1.82) is 5.26 Å². The van der Waals surface area contributed by atoms with E-state index in [2.05, 4.69) is 15.6 Å². The van der Waals surface area contributed by atoms with E-state index in [1.807, 2.05) is 6.08 Å². The lowest BCUT2D eigenvalue weighted by Gasteiger charge is -2.28. The van der Waals surface area contributed by atoms with Gasteiger partial charge in [-0.25, -0.2) is 4.39 Å². The predicted octanol–water partition coefficient (Wildman–Crippen LogP) is 5.24. The van der Waals surface area contributed by atoms with Crippen LogP contribution in [0.2, 0.25) is 0 Å². The Hall–Kier alpha value is -3.51. The molecule has 1 aliphatic carbocycles. The summed E-state index contributed by atoms with van der Waals surface area (Å²) >= 11 is 0. The molecular weight excluding hydrogens is 436 g/mol. The minimum absolute atomic E-state index is 0.0743. The summed E-state index contributed by atoms with van der Waals surface area (Å²) in [6.07, 6.45) is 2.16. The van der Waals surface area contributed by atoms with Gasteiger partial charge < -0.3 is 10.6 Å². The number of carbonyl (C=O) groups excluding carboxylic acids is 1. The molecule has 1 aromatic carbocycles. The largest absolute Gasteiger partial charge is 0.417 e. The van der Waals surface area contributed by atoms with Crippen LogP contribution in [0.25, 0.3) is 5.57 Å². The van der Waals surface area contributed by atoms with Crippen LogP contribution in [-0.2, 0) is 11.0 Å². The SMILES string of the molecule is CC(C)(NCC1C=CC(c2ccncc2)=C(F)C1)C(=O)Nc1ccc(C#N)c(C(F)(F)F)c1. The molecule has 33 heavy (non-hydrogen) atoms. The number of nitrogens with zero attached hydrogens (tertiary/aromatic N) is 2. The van der Waals surface area contributed by atoms with Crippen LogP contribution in [0.5, 0.6) is 0 Å². The second-order valence-electron chi connectivity index (χ2n) is 8.21. The Morgan fingerprint density at radius 3 is 2.52 bits per heavy atom. The number of halogens is 4. The molecule has 0 saturated carbocycles. The highest BCUT2D eigenvalue weighted by Crippen LogP contribution is 2.34. The van der Waals surface area contributed by atoms with Gasteiger partial charge in [0.15, 0.2) is 0 Å². The lowest BCUT2D eigenvalue weighted by atomic mass is 9.91. The van der Waals surface area contributed by atoms with Crippen molar-refractivity contribution in [2.75, 3.05) is 11.9 Å². The van der Waals surface area contributed by atoms with Crippen molar-refractivity contribution in [2.45, 2.75) is 32.0 Å². The molecule has 0 fully saturated rings. The van der Waals surface area contributed by atoms with Crippen LogP contribution in [0, 0.1) is 17.2 Å². The number of hydrogen-bond donors (Lipinski definition) is 2. The predicted molar refractivity (Wildman–Crippen MR) is 116 cm³/mol. The van der Waals surface area contributed by atoms with Gasteiger partial charge in [-0.3, -0.25) is 9.78 Å². The second kappa shape index (κ2) is 9.55. The van der Waals surface area contributed by atoms with E-state index < -0.39 is 28.7 Å². The second-order valence-corrected chi connectivity index (χ2v) is 8.21. The molecular formula is C24H22F4N4O. The maximum atomic E-state index is 14.6. The molecule has 0 bridgehead atoms. The minimum Gasteiger partial charge on any atom is -0.324 e. The lowest BCUT2D eigenvalue weighted by Crippen LogP contribution is -2.51. The van der Waals surface area contributed by atoms with Gasteiger partial charge in [-0.05, 0) is 55.7 Å². The molecule has 1 unspecified atom stereocenters. The monoisotopic (exact) mass is 458 g/mol. The molecule has 1 heterocycles. The number of carbonyl (C=O) groups is 1. The van der Waals surface area contributed by atoms with Crippen LogP contribution >= 0.6 is 0 Å². The van der Waals surface area contributed by atoms with Gasteiger partial charge in [0.2, 0.25) is 5.91 Å². The highest BCUT2D eigenvalue weighted by atomic mass is 19.4. The molecule has 1 atom stereocenters. The summed E-state index contributed by atoms with van der Waals surface area (Å²) in [5, 5.41) is 14.4. The third-order valence-electron chi connectivity index (χ3n) is 5.34. The molecule has 1 aliphatic rings. The van der Waals surface area contributed by atoms with E-state index in [9.17, 15) is 22.4 Å². The van der Waals surface area contributed by atoms with Gasteiger partial charge in [0.1, 0.15) is 5.83 Å². The van der Waals surface area contributed by atoms with Gasteiger partial charge in [-0.15, -0.1) is 0 Å². The summed E-state index contributed by atoms with van der Waals surface area (Å²) in [5.41, 5.74) is -1.64. The maximum absolute atomic E-state index is 14.6. The molecule has 0 radical (unpaired) electrons. The Morgan fingerprint density at radius 1 is 1.21 bits per heavy atom. The molecule has 2 aromatic rings. The van der Waals surface area contributed by atoms with E-state index in [0.29, 0.717) is 5.57 Å². The van der Waals surface area contributed by atoms with Crippen molar-refractivity contribution in [1.82, 2.24) is 10.3 Å². The first-order valence-electron chi connectivity index (χ1n) is 10.2. The van der Waals surface area contributed by atoms with E-state index in [1.165, 1.54) is 12.1 Å². The fraction of sp³-hybridized carbons (Fsp3) is 0.292. The molecule has 5 nitrogen and oxygen atoms in total. The van der Waals surface area contributed by atoms with Gasteiger partial charge in [0.25, 0.3) is 0 Å². The topological polar surface area (TPSA) is 77.8 Å². The molecule has 9 heteroatoms. The Bertz CT molecular complexity index is 1130. The van der Waals surface area contributed by atoms with Crippen molar-refractivity contribution >= 4 is 17.2 Å². The molecule has 0 spiro atoms. The average Bonchev–Trinajstić information content (AvgIpc) is 2.77. The Balaban J connectivity index is 1.63. The molecule has 3 rings (SSSR count). The smallest absolute Gasteiger partial charge is 0.324 e. The molecule has 1 aromatic heterocycles. The van der Waals surface area contributed by atoms with Crippen molar-refractivity contribution in [3.8, 4) is 6.07 Å². The fourth-order valence-corrected chi connectivity index (χ4v) is 3.36. The van der Waals surface area contributed by atoms with Crippen LogP contribution in [0.4, 0.5) is 23.2 Å². The van der Waals surface area contributed by atoms with E-state index in [-0.39, 0.29) is 30.4 Å². The fourth-order valence-electron chi connectivity index (χ4n) is 3.36. The highest BCUT2D eigenvalue weighted by molar-refractivity contribution is 5.97. The summed E-state index contributed by atoms with van der Waals surface area (Å²) in [5.74, 6) is -1.03.